The van der Waals surface area contributed by atoms with E-state index in [1.54, 1.807) is 0 Å². The first-order valence-electron chi connectivity index (χ1n) is 8.67. The Balaban J connectivity index is 1.52. The fourth-order valence-corrected chi connectivity index (χ4v) is 3.58. The molecule has 2 saturated heterocycles. The minimum Gasteiger partial charge on any atom is -0.399 e. The number of morpholine rings is 1. The third-order valence-corrected chi connectivity index (χ3v) is 4.93. The molecule has 0 bridgehead atoms. The van der Waals surface area contributed by atoms with Crippen molar-refractivity contribution in [2.75, 3.05) is 45.1 Å². The highest BCUT2D eigenvalue weighted by Crippen LogP contribution is 2.21. The van der Waals surface area contributed by atoms with Crippen molar-refractivity contribution in [2.45, 2.75) is 31.7 Å². The number of para-hydroxylation sites is 1. The van der Waals surface area contributed by atoms with Crippen molar-refractivity contribution < 1.29 is 9.53 Å². The zero-order valence-corrected chi connectivity index (χ0v) is 13.7. The van der Waals surface area contributed by atoms with Crippen LogP contribution in [0.1, 0.15) is 24.8 Å². The van der Waals surface area contributed by atoms with E-state index in [-0.39, 0.29) is 5.91 Å². The SMILES string of the molecule is Nc1ccccc1CCC(=O)N1CCCC1CN1CCOCC1. The molecular weight excluding hydrogens is 290 g/mol. The van der Waals surface area contributed by atoms with Crippen molar-refractivity contribution >= 4 is 11.6 Å². The van der Waals surface area contributed by atoms with Gasteiger partial charge in [-0.25, -0.2) is 0 Å². The first kappa shape index (κ1) is 16.3. The lowest BCUT2D eigenvalue weighted by atomic mass is 10.1. The number of carbonyl (C=O) groups is 1. The normalized spacial score (nSPS) is 22.4. The highest BCUT2D eigenvalue weighted by Gasteiger charge is 2.30. The average molecular weight is 317 g/mol. The standard InChI is InChI=1S/C18H27N3O2/c19-17-6-2-1-4-15(17)7-8-18(22)21-9-3-5-16(21)14-20-10-12-23-13-11-20/h1-2,4,6,16H,3,5,7-14,19H2. The molecule has 0 spiro atoms. The summed E-state index contributed by atoms with van der Waals surface area (Å²) in [5.74, 6) is 0.268. The van der Waals surface area contributed by atoms with Crippen LogP contribution in [0.5, 0.6) is 0 Å². The van der Waals surface area contributed by atoms with E-state index < -0.39 is 0 Å². The quantitative estimate of drug-likeness (QED) is 0.837. The molecule has 23 heavy (non-hydrogen) atoms. The summed E-state index contributed by atoms with van der Waals surface area (Å²) in [5, 5.41) is 0. The Morgan fingerprint density at radius 1 is 1.22 bits per heavy atom. The average Bonchev–Trinajstić information content (AvgIpc) is 3.03. The molecule has 1 unspecified atom stereocenters. The number of hydrogen-bond acceptors (Lipinski definition) is 4. The second-order valence-corrected chi connectivity index (χ2v) is 6.49. The molecule has 2 fully saturated rings. The number of anilines is 1. The summed E-state index contributed by atoms with van der Waals surface area (Å²) >= 11 is 0. The summed E-state index contributed by atoms with van der Waals surface area (Å²) in [6.45, 7) is 5.49. The molecule has 5 heteroatoms. The first-order valence-corrected chi connectivity index (χ1v) is 8.67. The Bertz CT molecular complexity index is 529. The van der Waals surface area contributed by atoms with E-state index in [0.717, 1.165) is 69.9 Å². The number of nitrogens with zero attached hydrogens (tertiary/aromatic N) is 2. The minimum atomic E-state index is 0.268. The van der Waals surface area contributed by atoms with Gasteiger partial charge in [0.2, 0.25) is 5.91 Å². The molecule has 2 aliphatic rings. The van der Waals surface area contributed by atoms with Crippen molar-refractivity contribution in [1.29, 1.82) is 0 Å². The number of rotatable bonds is 5. The van der Waals surface area contributed by atoms with Crippen LogP contribution in [0.25, 0.3) is 0 Å². The molecule has 1 aromatic carbocycles. The summed E-state index contributed by atoms with van der Waals surface area (Å²) in [4.78, 5) is 17.1. The Hall–Kier alpha value is -1.59. The van der Waals surface area contributed by atoms with Crippen LogP contribution >= 0.6 is 0 Å². The van der Waals surface area contributed by atoms with E-state index in [1.807, 2.05) is 24.3 Å². The lowest BCUT2D eigenvalue weighted by Crippen LogP contribution is -2.46. The monoisotopic (exact) mass is 317 g/mol. The van der Waals surface area contributed by atoms with Crippen LogP contribution in [0, 0.1) is 0 Å². The highest BCUT2D eigenvalue weighted by molar-refractivity contribution is 5.77. The number of benzene rings is 1. The maximum Gasteiger partial charge on any atom is 0.223 e. The van der Waals surface area contributed by atoms with Gasteiger partial charge in [-0.1, -0.05) is 18.2 Å². The number of carbonyl (C=O) groups excluding carboxylic acids is 1. The van der Waals surface area contributed by atoms with E-state index in [4.69, 9.17) is 10.5 Å². The van der Waals surface area contributed by atoms with Crippen LogP contribution in [0.3, 0.4) is 0 Å². The molecule has 2 N–H and O–H groups in total. The molecule has 2 aliphatic heterocycles. The molecule has 1 aromatic rings. The molecule has 0 aromatic heterocycles. The molecule has 0 saturated carbocycles. The van der Waals surface area contributed by atoms with Crippen LogP contribution in [-0.2, 0) is 16.0 Å². The van der Waals surface area contributed by atoms with Crippen LogP contribution in [0.15, 0.2) is 24.3 Å². The van der Waals surface area contributed by atoms with Crippen molar-refractivity contribution in [2.24, 2.45) is 0 Å². The Kier molecular flexibility index (Phi) is 5.51. The second kappa shape index (κ2) is 7.79. The molecule has 126 valence electrons. The first-order chi connectivity index (χ1) is 11.2. The van der Waals surface area contributed by atoms with Crippen LogP contribution in [0.2, 0.25) is 0 Å². The topological polar surface area (TPSA) is 58.8 Å². The number of likely N-dealkylation sites (tertiary alicyclic amines) is 1. The van der Waals surface area contributed by atoms with Crippen molar-refractivity contribution in [1.82, 2.24) is 9.80 Å². The van der Waals surface area contributed by atoms with Gasteiger partial charge in [-0.15, -0.1) is 0 Å². The van der Waals surface area contributed by atoms with Crippen LogP contribution in [-0.4, -0.2) is 61.1 Å². The van der Waals surface area contributed by atoms with Gasteiger partial charge in [0.1, 0.15) is 0 Å². The molecular formula is C18H27N3O2. The molecule has 0 radical (unpaired) electrons. The molecule has 5 nitrogen and oxygen atoms in total. The number of nitrogen functional groups attached to an aromatic ring is 1. The Labute approximate surface area is 138 Å². The van der Waals surface area contributed by atoms with Gasteiger partial charge in [0, 0.05) is 44.3 Å². The Morgan fingerprint density at radius 2 is 2.00 bits per heavy atom. The van der Waals surface area contributed by atoms with Gasteiger partial charge in [0.15, 0.2) is 0 Å². The van der Waals surface area contributed by atoms with Gasteiger partial charge < -0.3 is 15.4 Å². The van der Waals surface area contributed by atoms with E-state index >= 15 is 0 Å². The predicted molar refractivity (Wildman–Crippen MR) is 91.2 cm³/mol. The van der Waals surface area contributed by atoms with Crippen LogP contribution in [0.4, 0.5) is 5.69 Å². The number of nitrogens with two attached hydrogens (primary N) is 1. The molecule has 2 heterocycles. The lowest BCUT2D eigenvalue weighted by molar-refractivity contribution is -0.132. The smallest absolute Gasteiger partial charge is 0.223 e. The summed E-state index contributed by atoms with van der Waals surface area (Å²) in [6.07, 6.45) is 3.52. The lowest BCUT2D eigenvalue weighted by Gasteiger charge is -2.33. The van der Waals surface area contributed by atoms with E-state index in [0.29, 0.717) is 12.5 Å². The van der Waals surface area contributed by atoms with Gasteiger partial charge in [0.05, 0.1) is 13.2 Å². The van der Waals surface area contributed by atoms with Gasteiger partial charge >= 0.3 is 0 Å². The van der Waals surface area contributed by atoms with Crippen molar-refractivity contribution in [3.05, 3.63) is 29.8 Å². The Morgan fingerprint density at radius 3 is 2.78 bits per heavy atom. The number of hydrogen-bond donors (Lipinski definition) is 1. The summed E-state index contributed by atoms with van der Waals surface area (Å²) in [5.41, 5.74) is 7.83. The summed E-state index contributed by atoms with van der Waals surface area (Å²) < 4.78 is 5.40. The van der Waals surface area contributed by atoms with E-state index in [1.165, 1.54) is 0 Å². The van der Waals surface area contributed by atoms with Gasteiger partial charge in [-0.2, -0.15) is 0 Å². The number of aryl methyl sites for hydroxylation is 1. The number of amides is 1. The maximum absolute atomic E-state index is 12.6. The van der Waals surface area contributed by atoms with Gasteiger partial charge in [-0.05, 0) is 30.9 Å². The highest BCUT2D eigenvalue weighted by atomic mass is 16.5. The molecule has 1 atom stereocenters. The molecule has 3 rings (SSSR count). The minimum absolute atomic E-state index is 0.268. The van der Waals surface area contributed by atoms with Crippen molar-refractivity contribution in [3.63, 3.8) is 0 Å². The van der Waals surface area contributed by atoms with Gasteiger partial charge in [-0.3, -0.25) is 9.69 Å². The maximum atomic E-state index is 12.6. The van der Waals surface area contributed by atoms with E-state index in [9.17, 15) is 4.79 Å². The zero-order valence-electron chi connectivity index (χ0n) is 13.7. The fraction of sp³-hybridized carbons (Fsp3) is 0.611. The van der Waals surface area contributed by atoms with Crippen LogP contribution < -0.4 is 5.73 Å². The van der Waals surface area contributed by atoms with Crippen molar-refractivity contribution in [3.8, 4) is 0 Å². The molecule has 0 aliphatic carbocycles. The third kappa shape index (κ3) is 4.24. The second-order valence-electron chi connectivity index (χ2n) is 6.49. The molecule has 1 amide bonds. The van der Waals surface area contributed by atoms with Gasteiger partial charge in [0.25, 0.3) is 0 Å². The summed E-state index contributed by atoms with van der Waals surface area (Å²) in [6, 6.07) is 8.19. The zero-order chi connectivity index (χ0) is 16.1. The predicted octanol–water partition coefficient (Wildman–Crippen LogP) is 1.52. The third-order valence-electron chi connectivity index (χ3n) is 4.93. The van der Waals surface area contributed by atoms with E-state index in [2.05, 4.69) is 9.80 Å². The largest absolute Gasteiger partial charge is 0.399 e. The summed E-state index contributed by atoms with van der Waals surface area (Å²) in [7, 11) is 0. The number of ether oxygens (including phenoxy) is 1. The fourth-order valence-electron chi connectivity index (χ4n) is 3.58.